The monoisotopic (exact) mass is 1370 g/mol. The van der Waals surface area contributed by atoms with Crippen molar-refractivity contribution in [2.45, 2.75) is 181 Å². The Balaban J connectivity index is 0.781. The zero-order valence-electron chi connectivity index (χ0n) is 64.2. The van der Waals surface area contributed by atoms with E-state index in [-0.39, 0.29) is 56.8 Å². The van der Waals surface area contributed by atoms with Crippen LogP contribution in [-0.4, -0.2) is 77.0 Å². The second kappa shape index (κ2) is 32.4. The molecule has 0 saturated carbocycles. The predicted molar refractivity (Wildman–Crippen MR) is 423 cm³/mol. The van der Waals surface area contributed by atoms with Crippen molar-refractivity contribution in [3.63, 3.8) is 0 Å². The zero-order valence-corrected chi connectivity index (χ0v) is 64.2. The van der Waals surface area contributed by atoms with Gasteiger partial charge in [0.05, 0.1) is 61.5 Å². The SMILES string of the molecule is CC(C)(C)c1ccc(C(c2ccc(OCCCOC(=O)/C3=C/NCCN=C/C(C(=O)OCCCOc4ccc(C(c5ccc(C(C)(C)C)cc5)(c5ccc(C(C)(C)C)cc5)c5ccc(C(C)(C)C)cc5)cc4)=C\NCCN=C3)cc2)(c2ccc(C(C)(C)C)cc2)c2ccc(C(C)(C)C)cc2)cc1. The number of ether oxygens (including phenoxy) is 4. The molecule has 10 nitrogen and oxygen atoms in total. The fourth-order valence-electron chi connectivity index (χ4n) is 13.2. The molecule has 9 rings (SSSR count). The first-order valence-electron chi connectivity index (χ1n) is 36.5. The molecule has 102 heavy (non-hydrogen) atoms. The van der Waals surface area contributed by atoms with Crippen LogP contribution < -0.4 is 20.1 Å². The second-order valence-corrected chi connectivity index (χ2v) is 33.4. The van der Waals surface area contributed by atoms with Crippen molar-refractivity contribution in [3.05, 3.63) is 296 Å². The van der Waals surface area contributed by atoms with E-state index in [0.717, 1.165) is 22.6 Å². The summed E-state index contributed by atoms with van der Waals surface area (Å²) in [6, 6.07) is 72.0. The summed E-state index contributed by atoms with van der Waals surface area (Å²) < 4.78 is 24.1. The van der Waals surface area contributed by atoms with Crippen molar-refractivity contribution >= 4 is 24.4 Å². The maximum atomic E-state index is 13.5. The first-order chi connectivity index (χ1) is 48.2. The third-order valence-corrected chi connectivity index (χ3v) is 19.5. The summed E-state index contributed by atoms with van der Waals surface area (Å²) in [6.07, 6.45) is 7.17. The Hall–Kier alpha value is -9.28. The van der Waals surface area contributed by atoms with Crippen LogP contribution in [0.15, 0.2) is 228 Å². The molecule has 0 saturated heterocycles. The van der Waals surface area contributed by atoms with Crippen LogP contribution in [0.4, 0.5) is 0 Å². The van der Waals surface area contributed by atoms with E-state index < -0.39 is 22.8 Å². The van der Waals surface area contributed by atoms with Crippen molar-refractivity contribution in [1.82, 2.24) is 10.6 Å². The van der Waals surface area contributed by atoms with Crippen LogP contribution in [0.5, 0.6) is 11.5 Å². The minimum atomic E-state index is -0.646. The van der Waals surface area contributed by atoms with E-state index >= 15 is 0 Å². The Morgan fingerprint density at radius 2 is 0.490 bits per heavy atom. The molecule has 8 aromatic carbocycles. The minimum absolute atomic E-state index is 0.00181. The highest BCUT2D eigenvalue weighted by atomic mass is 16.5. The Bertz CT molecular complexity index is 3620. The Morgan fingerprint density at radius 3 is 0.696 bits per heavy atom. The molecule has 0 atom stereocenters. The van der Waals surface area contributed by atoms with E-state index in [9.17, 15) is 9.59 Å². The first-order valence-corrected chi connectivity index (χ1v) is 36.5. The maximum absolute atomic E-state index is 13.5. The van der Waals surface area contributed by atoms with Crippen molar-refractivity contribution in [2.24, 2.45) is 9.98 Å². The summed E-state index contributed by atoms with van der Waals surface area (Å²) in [5.41, 5.74) is 16.3. The average molecular weight is 1370 g/mol. The molecular formula is C92H112N4O6. The second-order valence-electron chi connectivity index (χ2n) is 33.4. The van der Waals surface area contributed by atoms with Crippen molar-refractivity contribution in [2.75, 3.05) is 52.6 Å². The third-order valence-electron chi connectivity index (χ3n) is 19.5. The number of hydrogen-bond donors (Lipinski definition) is 2. The Kier molecular flexibility index (Phi) is 24.4. The van der Waals surface area contributed by atoms with Gasteiger partial charge in [0.25, 0.3) is 0 Å². The van der Waals surface area contributed by atoms with Crippen molar-refractivity contribution in [3.8, 4) is 11.5 Å². The molecule has 0 bridgehead atoms. The lowest BCUT2D eigenvalue weighted by molar-refractivity contribution is -0.139. The molecule has 1 aliphatic heterocycles. The largest absolute Gasteiger partial charge is 0.493 e. The van der Waals surface area contributed by atoms with Crippen LogP contribution in [0.2, 0.25) is 0 Å². The molecule has 0 spiro atoms. The smallest absolute Gasteiger partial charge is 0.341 e. The minimum Gasteiger partial charge on any atom is -0.493 e. The van der Waals surface area contributed by atoms with Crippen LogP contribution in [0.3, 0.4) is 0 Å². The average Bonchev–Trinajstić information content (AvgIpc) is 0.735. The number of rotatable bonds is 20. The molecular weight excluding hydrogens is 1260 g/mol. The molecule has 0 radical (unpaired) electrons. The summed E-state index contributed by atoms with van der Waals surface area (Å²) in [4.78, 5) is 35.9. The Morgan fingerprint density at radius 1 is 0.294 bits per heavy atom. The highest BCUT2D eigenvalue weighted by molar-refractivity contribution is 6.10. The lowest BCUT2D eigenvalue weighted by Crippen LogP contribution is -2.31. The molecule has 1 heterocycles. The van der Waals surface area contributed by atoms with E-state index in [1.165, 1.54) is 79.2 Å². The van der Waals surface area contributed by atoms with E-state index in [1.807, 2.05) is 24.3 Å². The van der Waals surface area contributed by atoms with E-state index in [1.54, 1.807) is 12.4 Å². The number of hydrogen-bond acceptors (Lipinski definition) is 10. The van der Waals surface area contributed by atoms with Gasteiger partial charge < -0.3 is 29.6 Å². The zero-order chi connectivity index (χ0) is 73.7. The van der Waals surface area contributed by atoms with Gasteiger partial charge in [0.2, 0.25) is 0 Å². The number of aliphatic imine (C=N–C) groups is 2. The summed E-state index contributed by atoms with van der Waals surface area (Å²) in [6.45, 7) is 43.0. The Labute approximate surface area is 610 Å². The van der Waals surface area contributed by atoms with Gasteiger partial charge in [0, 0.05) is 50.8 Å². The molecule has 0 amide bonds. The van der Waals surface area contributed by atoms with Crippen molar-refractivity contribution in [1.29, 1.82) is 0 Å². The highest BCUT2D eigenvalue weighted by Gasteiger charge is 2.41. The number of nitrogens with one attached hydrogen (secondary N) is 2. The number of benzene rings is 8. The molecule has 2 N–H and O–H groups in total. The number of carbonyl (C=O) groups excluding carboxylic acids is 2. The van der Waals surface area contributed by atoms with Gasteiger partial charge >= 0.3 is 11.9 Å². The third kappa shape index (κ3) is 18.9. The topological polar surface area (TPSA) is 120 Å². The van der Waals surface area contributed by atoms with Gasteiger partial charge in [-0.3, -0.25) is 9.98 Å². The molecule has 8 aromatic rings. The lowest BCUT2D eigenvalue weighted by atomic mass is 9.64. The fraction of sp³-hybridized carbons (Fsp3) is 0.391. The number of carbonyl (C=O) groups is 2. The normalized spacial score (nSPS) is 15.0. The van der Waals surface area contributed by atoms with E-state index in [4.69, 9.17) is 18.9 Å². The van der Waals surface area contributed by atoms with Crippen molar-refractivity contribution < 1.29 is 28.5 Å². The van der Waals surface area contributed by atoms with Gasteiger partial charge in [-0.1, -0.05) is 294 Å². The first kappa shape index (κ1) is 76.9. The van der Waals surface area contributed by atoms with Gasteiger partial charge in [-0.2, -0.15) is 0 Å². The summed E-state index contributed by atoms with van der Waals surface area (Å²) in [5, 5.41) is 6.33. The van der Waals surface area contributed by atoms with Gasteiger partial charge in [-0.05, 0) is 135 Å². The summed E-state index contributed by atoms with van der Waals surface area (Å²) >= 11 is 0. The summed E-state index contributed by atoms with van der Waals surface area (Å²) in [7, 11) is 0. The molecule has 0 aliphatic carbocycles. The summed E-state index contributed by atoms with van der Waals surface area (Å²) in [5.74, 6) is 0.443. The van der Waals surface area contributed by atoms with E-state index in [2.05, 4.69) is 315 Å². The standard InChI is InChI=1S/C92H112N4O6/c1-85(2,3)67-21-33-73(34-22-67)91(74-35-23-68(24-36-74)86(4,5)6,75-37-25-69(26-38-75)87(7,8)9)79-45-49-81(50-46-79)99-57-19-59-101-83(97)65-61-93-53-55-95-63-66(64-96-56-54-94-62-65)84(98)102-60-20-58-100-82-51-47-80(48-52-82)92(76-39-27-70(28-40-76)88(10,11)12,77-41-29-71(30-42-77)89(13,14)15)78-43-31-72(32-44-78)90(16,17)18/h21-52,61-64,93,96H,19-20,53-60H2,1-18H3/b65-61+,66-64+,94-62?,95-63?. The van der Waals surface area contributed by atoms with E-state index in [0.29, 0.717) is 52.2 Å². The quantitative estimate of drug-likeness (QED) is 0.0440. The van der Waals surface area contributed by atoms with Gasteiger partial charge in [-0.15, -0.1) is 0 Å². The predicted octanol–water partition coefficient (Wildman–Crippen LogP) is 19.7. The maximum Gasteiger partial charge on any atom is 0.341 e. The number of esters is 2. The fourth-order valence-corrected chi connectivity index (χ4v) is 13.2. The molecule has 0 unspecified atom stereocenters. The van der Waals surface area contributed by atoms with Crippen LogP contribution in [0.1, 0.15) is 215 Å². The molecule has 10 heteroatoms. The molecule has 1 aliphatic rings. The van der Waals surface area contributed by atoms with Crippen LogP contribution in [-0.2, 0) is 62.4 Å². The van der Waals surface area contributed by atoms with Crippen LogP contribution in [0, 0.1) is 0 Å². The molecule has 536 valence electrons. The van der Waals surface area contributed by atoms with Gasteiger partial charge in [0.15, 0.2) is 0 Å². The molecule has 0 fully saturated rings. The highest BCUT2D eigenvalue weighted by Crippen LogP contribution is 2.49. The van der Waals surface area contributed by atoms with Crippen LogP contribution in [0.25, 0.3) is 0 Å². The number of nitrogens with zero attached hydrogens (tertiary/aromatic N) is 2. The van der Waals surface area contributed by atoms with Gasteiger partial charge in [-0.25, -0.2) is 9.59 Å². The van der Waals surface area contributed by atoms with Gasteiger partial charge in [0.1, 0.15) is 11.5 Å². The molecule has 0 aromatic heterocycles. The van der Waals surface area contributed by atoms with Crippen LogP contribution >= 0.6 is 0 Å². The lowest BCUT2D eigenvalue weighted by Gasteiger charge is -2.38.